The first-order valence-electron chi connectivity index (χ1n) is 11.2. The second kappa shape index (κ2) is 9.90. The van der Waals surface area contributed by atoms with Crippen molar-refractivity contribution in [3.05, 3.63) is 64.2 Å². The van der Waals surface area contributed by atoms with Crippen LogP contribution in [0.15, 0.2) is 36.4 Å². The first kappa shape index (κ1) is 21.3. The molecule has 0 unspecified atom stereocenters. The van der Waals surface area contributed by atoms with E-state index in [2.05, 4.69) is 0 Å². The topological polar surface area (TPSA) is 69.7 Å². The minimum absolute atomic E-state index is 0.201. The van der Waals surface area contributed by atoms with Crippen LogP contribution < -0.4 is 4.74 Å². The lowest BCUT2D eigenvalue weighted by Crippen LogP contribution is -2.08. The van der Waals surface area contributed by atoms with E-state index in [0.29, 0.717) is 38.9 Å². The summed E-state index contributed by atoms with van der Waals surface area (Å²) in [6.07, 6.45) is 6.35. The number of benzene rings is 2. The highest BCUT2D eigenvalue weighted by atomic mass is 16.5. The monoisotopic (exact) mass is 420 g/mol. The van der Waals surface area contributed by atoms with E-state index in [0.717, 1.165) is 65.7 Å². The summed E-state index contributed by atoms with van der Waals surface area (Å²) in [6, 6.07) is 11.7. The van der Waals surface area contributed by atoms with Crippen molar-refractivity contribution in [3.63, 3.8) is 0 Å². The lowest BCUT2D eigenvalue weighted by atomic mass is 10.0. The van der Waals surface area contributed by atoms with Crippen LogP contribution >= 0.6 is 0 Å². The smallest absolute Gasteiger partial charge is 0.306 e. The Morgan fingerprint density at radius 3 is 2.23 bits per heavy atom. The number of unbranched alkanes of at least 4 members (excludes halogenated alkanes) is 2. The fourth-order valence-electron chi connectivity index (χ4n) is 4.22. The van der Waals surface area contributed by atoms with Crippen molar-refractivity contribution in [2.75, 3.05) is 13.2 Å². The average molecular weight is 421 g/mol. The Kier molecular flexibility index (Phi) is 6.80. The highest BCUT2D eigenvalue weighted by Crippen LogP contribution is 2.26. The number of Topliss-reactive ketones (excluding diaryl/α,β-unsaturated/α-hetero) is 2. The molecular formula is C26H28O5. The van der Waals surface area contributed by atoms with Gasteiger partial charge in [-0.05, 0) is 73.4 Å². The van der Waals surface area contributed by atoms with Gasteiger partial charge in [0.25, 0.3) is 0 Å². The van der Waals surface area contributed by atoms with Crippen LogP contribution in [0, 0.1) is 0 Å². The van der Waals surface area contributed by atoms with Gasteiger partial charge in [0.1, 0.15) is 5.75 Å². The predicted octanol–water partition coefficient (Wildman–Crippen LogP) is 4.67. The summed E-state index contributed by atoms with van der Waals surface area (Å²) in [5.74, 6) is 0.944. The van der Waals surface area contributed by atoms with E-state index in [1.807, 2.05) is 36.4 Å². The average Bonchev–Trinajstić information content (AvgIpc) is 3.34. The molecular weight excluding hydrogens is 392 g/mol. The van der Waals surface area contributed by atoms with Crippen LogP contribution in [0.25, 0.3) is 0 Å². The summed E-state index contributed by atoms with van der Waals surface area (Å²) in [6.45, 7) is 0.993. The van der Waals surface area contributed by atoms with Gasteiger partial charge in [0.2, 0.25) is 0 Å². The zero-order valence-corrected chi connectivity index (χ0v) is 17.8. The van der Waals surface area contributed by atoms with E-state index in [-0.39, 0.29) is 17.5 Å². The third-order valence-corrected chi connectivity index (χ3v) is 6.04. The van der Waals surface area contributed by atoms with Crippen molar-refractivity contribution in [1.29, 1.82) is 0 Å². The summed E-state index contributed by atoms with van der Waals surface area (Å²) >= 11 is 0. The standard InChI is InChI=1S/C26H28O5/c27-24-11-8-19-6-4-18(16-22(19)24)5-13-26(29)31-15-3-1-2-14-30-21-10-7-20-9-12-25(28)23(20)17-21/h4,6-7,10,16-17H,1-3,5,8-9,11-15H2. The van der Waals surface area contributed by atoms with E-state index < -0.39 is 0 Å². The number of rotatable bonds is 10. The Hall–Kier alpha value is -2.95. The Morgan fingerprint density at radius 2 is 1.45 bits per heavy atom. The SMILES string of the molecule is O=C(CCc1ccc2c(c1)C(=O)CC2)OCCCCCOc1ccc2c(c1)C(=O)CC2. The maximum atomic E-state index is 12.0. The van der Waals surface area contributed by atoms with Gasteiger partial charge < -0.3 is 9.47 Å². The van der Waals surface area contributed by atoms with E-state index in [1.54, 1.807) is 0 Å². The lowest BCUT2D eigenvalue weighted by molar-refractivity contribution is -0.143. The number of carbonyl (C=O) groups is 3. The van der Waals surface area contributed by atoms with Crippen LogP contribution in [0.1, 0.15) is 75.9 Å². The van der Waals surface area contributed by atoms with E-state index in [9.17, 15) is 14.4 Å². The molecule has 2 aromatic carbocycles. The van der Waals surface area contributed by atoms with Crippen LogP contribution in [-0.2, 0) is 28.8 Å². The molecule has 0 amide bonds. The summed E-state index contributed by atoms with van der Waals surface area (Å²) in [5.41, 5.74) is 4.86. The number of hydrogen-bond donors (Lipinski definition) is 0. The normalized spacial score (nSPS) is 14.5. The van der Waals surface area contributed by atoms with E-state index in [4.69, 9.17) is 9.47 Å². The van der Waals surface area contributed by atoms with Crippen LogP contribution in [0.4, 0.5) is 0 Å². The van der Waals surface area contributed by atoms with Crippen molar-refractivity contribution < 1.29 is 23.9 Å². The fourth-order valence-corrected chi connectivity index (χ4v) is 4.22. The minimum atomic E-state index is -0.203. The highest BCUT2D eigenvalue weighted by Gasteiger charge is 2.20. The molecule has 2 aliphatic rings. The molecule has 5 nitrogen and oxygen atoms in total. The second-order valence-electron chi connectivity index (χ2n) is 8.29. The number of carbonyl (C=O) groups excluding carboxylic acids is 3. The Morgan fingerprint density at radius 1 is 0.774 bits per heavy atom. The molecule has 0 aliphatic heterocycles. The summed E-state index contributed by atoms with van der Waals surface area (Å²) in [4.78, 5) is 35.6. The van der Waals surface area contributed by atoms with E-state index in [1.165, 1.54) is 0 Å². The Balaban J connectivity index is 1.07. The van der Waals surface area contributed by atoms with Gasteiger partial charge in [0.15, 0.2) is 11.6 Å². The number of ether oxygens (including phenoxy) is 2. The quantitative estimate of drug-likeness (QED) is 0.413. The number of esters is 1. The van der Waals surface area contributed by atoms with Crippen LogP contribution in [0.2, 0.25) is 0 Å². The molecule has 0 saturated carbocycles. The van der Waals surface area contributed by atoms with Gasteiger partial charge in [-0.25, -0.2) is 0 Å². The third kappa shape index (κ3) is 5.40. The van der Waals surface area contributed by atoms with Gasteiger partial charge >= 0.3 is 5.97 Å². The molecule has 0 radical (unpaired) electrons. The molecule has 0 spiro atoms. The van der Waals surface area contributed by atoms with Gasteiger partial charge in [-0.15, -0.1) is 0 Å². The van der Waals surface area contributed by atoms with Crippen molar-refractivity contribution in [2.24, 2.45) is 0 Å². The van der Waals surface area contributed by atoms with Crippen LogP contribution in [0.5, 0.6) is 5.75 Å². The maximum Gasteiger partial charge on any atom is 0.306 e. The Bertz CT molecular complexity index is 991. The molecule has 0 bridgehead atoms. The van der Waals surface area contributed by atoms with Crippen molar-refractivity contribution in [1.82, 2.24) is 0 Å². The largest absolute Gasteiger partial charge is 0.494 e. The molecule has 0 N–H and O–H groups in total. The van der Waals surface area contributed by atoms with Crippen LogP contribution in [0.3, 0.4) is 0 Å². The molecule has 2 aromatic rings. The van der Waals surface area contributed by atoms with E-state index >= 15 is 0 Å². The van der Waals surface area contributed by atoms with Crippen molar-refractivity contribution in [2.45, 2.75) is 57.8 Å². The predicted molar refractivity (Wildman–Crippen MR) is 117 cm³/mol. The number of fused-ring (bicyclic) bond motifs is 2. The maximum absolute atomic E-state index is 12.0. The van der Waals surface area contributed by atoms with Crippen molar-refractivity contribution in [3.8, 4) is 5.75 Å². The molecule has 5 heteroatoms. The fraction of sp³-hybridized carbons (Fsp3) is 0.423. The lowest BCUT2D eigenvalue weighted by Gasteiger charge is -2.08. The summed E-state index contributed by atoms with van der Waals surface area (Å²) in [5, 5.41) is 0. The van der Waals surface area contributed by atoms with Crippen molar-refractivity contribution >= 4 is 17.5 Å². The molecule has 0 aromatic heterocycles. The van der Waals surface area contributed by atoms with Crippen LogP contribution in [-0.4, -0.2) is 30.7 Å². The first-order chi connectivity index (χ1) is 15.1. The highest BCUT2D eigenvalue weighted by molar-refractivity contribution is 6.01. The van der Waals surface area contributed by atoms with Gasteiger partial charge in [0, 0.05) is 30.4 Å². The number of aryl methyl sites for hydroxylation is 3. The zero-order valence-electron chi connectivity index (χ0n) is 17.8. The van der Waals surface area contributed by atoms with Gasteiger partial charge in [0.05, 0.1) is 13.2 Å². The molecule has 31 heavy (non-hydrogen) atoms. The molecule has 162 valence electrons. The van der Waals surface area contributed by atoms with Gasteiger partial charge in [-0.3, -0.25) is 14.4 Å². The first-order valence-corrected chi connectivity index (χ1v) is 11.2. The molecule has 0 atom stereocenters. The number of hydrogen-bond acceptors (Lipinski definition) is 5. The minimum Gasteiger partial charge on any atom is -0.494 e. The molecule has 2 aliphatic carbocycles. The number of ketones is 2. The second-order valence-corrected chi connectivity index (χ2v) is 8.29. The molecule has 0 saturated heterocycles. The molecule has 0 fully saturated rings. The Labute approximate surface area is 182 Å². The summed E-state index contributed by atoms with van der Waals surface area (Å²) < 4.78 is 11.1. The van der Waals surface area contributed by atoms with Gasteiger partial charge in [-0.2, -0.15) is 0 Å². The zero-order chi connectivity index (χ0) is 21.6. The summed E-state index contributed by atoms with van der Waals surface area (Å²) in [7, 11) is 0. The van der Waals surface area contributed by atoms with Gasteiger partial charge in [-0.1, -0.05) is 18.2 Å². The molecule has 4 rings (SSSR count). The molecule has 0 heterocycles. The third-order valence-electron chi connectivity index (χ3n) is 6.04.